The predicted molar refractivity (Wildman–Crippen MR) is 219 cm³/mol. The first kappa shape index (κ1) is 36.7. The van der Waals surface area contributed by atoms with Gasteiger partial charge in [-0.05, 0) is 73.3 Å². The van der Waals surface area contributed by atoms with Crippen LogP contribution in [0.1, 0.15) is 54.2 Å². The van der Waals surface area contributed by atoms with Crippen LogP contribution in [0.2, 0.25) is 5.15 Å². The fraction of sp³-hybridized carbons (Fsp3) is 0.244. The summed E-state index contributed by atoms with van der Waals surface area (Å²) in [7, 11) is 0. The van der Waals surface area contributed by atoms with Gasteiger partial charge in [0, 0.05) is 12.2 Å². The number of halogens is 2. The zero-order chi connectivity index (χ0) is 39.1. The van der Waals surface area contributed by atoms with E-state index in [4.69, 9.17) is 36.3 Å². The number of hydrogen-bond donors (Lipinski definition) is 1. The summed E-state index contributed by atoms with van der Waals surface area (Å²) in [4.78, 5) is 33.9. The maximum absolute atomic E-state index is 17.0. The van der Waals surface area contributed by atoms with Crippen molar-refractivity contribution in [2.75, 3.05) is 11.9 Å². The van der Waals surface area contributed by atoms with Crippen molar-refractivity contribution in [3.8, 4) is 28.0 Å². The summed E-state index contributed by atoms with van der Waals surface area (Å²) < 4.78 is 24.7. The third-order valence-electron chi connectivity index (χ3n) is 11.5. The Kier molecular flexibility index (Phi) is 9.76. The van der Waals surface area contributed by atoms with Crippen molar-refractivity contribution in [3.63, 3.8) is 0 Å². The summed E-state index contributed by atoms with van der Waals surface area (Å²) in [5.74, 6) is -0.989. The zero-order valence-corrected chi connectivity index (χ0v) is 32.6. The topological polar surface area (TPSA) is 119 Å². The van der Waals surface area contributed by atoms with Crippen LogP contribution in [0.4, 0.5) is 10.2 Å². The van der Waals surface area contributed by atoms with Crippen LogP contribution in [0, 0.1) is 34.9 Å². The molecule has 57 heavy (non-hydrogen) atoms. The number of anilines is 1. The lowest BCUT2D eigenvalue weighted by molar-refractivity contribution is -0.154. The monoisotopic (exact) mass is 793 g/mol. The normalized spacial score (nSPS) is 19.0. The molecule has 0 aliphatic heterocycles. The van der Waals surface area contributed by atoms with Gasteiger partial charge in [0.05, 0.1) is 29.2 Å². The van der Waals surface area contributed by atoms with Gasteiger partial charge in [-0.3, -0.25) is 4.79 Å². The average molecular weight is 794 g/mol. The molecule has 7 aromatic rings. The maximum Gasteiger partial charge on any atom is 0.311 e. The van der Waals surface area contributed by atoms with E-state index in [2.05, 4.69) is 52.4 Å². The number of nitrogens with zero attached hydrogens (tertiary/aromatic N) is 6. The summed E-state index contributed by atoms with van der Waals surface area (Å²) in [6.45, 7) is 2.06. The Morgan fingerprint density at radius 1 is 0.912 bits per heavy atom. The molecule has 12 heteroatoms. The number of benzene rings is 3. The van der Waals surface area contributed by atoms with E-state index in [1.54, 1.807) is 19.1 Å². The summed E-state index contributed by atoms with van der Waals surface area (Å²) in [6, 6.07) is 35.7. The molecule has 0 saturated heterocycles. The molecule has 284 valence electrons. The highest BCUT2D eigenvalue weighted by Gasteiger charge is 2.48. The van der Waals surface area contributed by atoms with Crippen LogP contribution in [0.3, 0.4) is 0 Å². The summed E-state index contributed by atoms with van der Waals surface area (Å²) in [6.07, 6.45) is 7.13. The molecular weight excluding hydrogens is 757 g/mol. The number of aromatic nitrogens is 5. The second-order valence-electron chi connectivity index (χ2n) is 14.5. The first-order chi connectivity index (χ1) is 27.9. The van der Waals surface area contributed by atoms with E-state index in [1.165, 1.54) is 6.20 Å². The Balaban J connectivity index is 1.31. The Hall–Kier alpha value is -5.96. The lowest BCUT2D eigenvalue weighted by atomic mass is 9.61. The first-order valence-corrected chi connectivity index (χ1v) is 20.3. The third kappa shape index (κ3) is 6.33. The standard InChI is InChI=1S/C45H37ClFN7O2S/c1-2-56-44(55)36-27-18-20-28(21-19-27)38(36)51-42-37(47)40(34-23-22-32(24-48)57-34)52-41(53-42)33-26-54(43-39(33)50-35(46)25-49-43)45(29-12-6-3-7-13-29,30-14-8-4-9-15-30)31-16-10-5-11-17-31/h3-17,22-23,25-28,36,38H,2,18-21H2,1H3,(H,51,52,53)/t27?,28?,36-,38-/m0/s1. The van der Waals surface area contributed by atoms with Gasteiger partial charge in [-0.25, -0.2) is 24.3 Å². The quantitative estimate of drug-likeness (QED) is 0.107. The van der Waals surface area contributed by atoms with Gasteiger partial charge in [-0.1, -0.05) is 103 Å². The van der Waals surface area contributed by atoms with E-state index >= 15 is 4.39 Å². The number of ether oxygens (including phenoxy) is 1. The molecule has 0 amide bonds. The van der Waals surface area contributed by atoms with Gasteiger partial charge in [0.1, 0.15) is 32.8 Å². The smallest absolute Gasteiger partial charge is 0.311 e. The van der Waals surface area contributed by atoms with E-state index in [0.717, 1.165) is 53.7 Å². The molecule has 0 radical (unpaired) electrons. The van der Waals surface area contributed by atoms with Gasteiger partial charge >= 0.3 is 5.97 Å². The fourth-order valence-corrected chi connectivity index (χ4v) is 10.0. The Morgan fingerprint density at radius 3 is 2.11 bits per heavy atom. The van der Waals surface area contributed by atoms with Gasteiger partial charge < -0.3 is 14.6 Å². The van der Waals surface area contributed by atoms with Crippen LogP contribution in [0.25, 0.3) is 33.1 Å². The summed E-state index contributed by atoms with van der Waals surface area (Å²) in [5.41, 5.74) is 3.34. The van der Waals surface area contributed by atoms with Gasteiger partial charge in [0.15, 0.2) is 23.1 Å². The lowest BCUT2D eigenvalue weighted by Crippen LogP contribution is -2.52. The molecule has 1 N–H and O–H groups in total. The highest BCUT2D eigenvalue weighted by molar-refractivity contribution is 7.16. The third-order valence-corrected chi connectivity index (χ3v) is 12.7. The van der Waals surface area contributed by atoms with Crippen molar-refractivity contribution in [2.45, 2.75) is 44.2 Å². The molecule has 10 rings (SSSR count). The minimum atomic E-state index is -0.976. The van der Waals surface area contributed by atoms with E-state index in [0.29, 0.717) is 26.5 Å². The minimum Gasteiger partial charge on any atom is -0.466 e. The molecular formula is C45H37ClFN7O2S. The molecule has 3 aliphatic carbocycles. The van der Waals surface area contributed by atoms with Crippen molar-refractivity contribution < 1.29 is 13.9 Å². The number of esters is 1. The van der Waals surface area contributed by atoms with Gasteiger partial charge in [0.25, 0.3) is 0 Å². The number of nitriles is 1. The molecule has 2 bridgehead atoms. The number of carbonyl (C=O) groups is 1. The second-order valence-corrected chi connectivity index (χ2v) is 16.0. The van der Waals surface area contributed by atoms with Crippen molar-refractivity contribution in [1.82, 2.24) is 24.5 Å². The number of hydrogen-bond acceptors (Lipinski definition) is 9. The Bertz CT molecular complexity index is 2520. The van der Waals surface area contributed by atoms with Crippen molar-refractivity contribution >= 4 is 45.9 Å². The van der Waals surface area contributed by atoms with Gasteiger partial charge in [0.2, 0.25) is 0 Å². The number of rotatable bonds is 10. The van der Waals surface area contributed by atoms with Gasteiger partial charge in [-0.2, -0.15) is 5.26 Å². The molecule has 4 heterocycles. The summed E-state index contributed by atoms with van der Waals surface area (Å²) >= 11 is 7.77. The molecule has 0 unspecified atom stereocenters. The number of thiophene rings is 1. The molecule has 3 aromatic carbocycles. The van der Waals surface area contributed by atoms with E-state index < -0.39 is 23.3 Å². The van der Waals surface area contributed by atoms with Crippen LogP contribution in [-0.2, 0) is 15.1 Å². The van der Waals surface area contributed by atoms with Gasteiger partial charge in [-0.15, -0.1) is 11.3 Å². The first-order valence-electron chi connectivity index (χ1n) is 19.1. The molecule has 9 nitrogen and oxygen atoms in total. The zero-order valence-electron chi connectivity index (χ0n) is 31.0. The van der Waals surface area contributed by atoms with Crippen LogP contribution >= 0.6 is 22.9 Å². The van der Waals surface area contributed by atoms with E-state index in [1.807, 2.05) is 60.8 Å². The number of nitrogens with one attached hydrogen (secondary N) is 1. The lowest BCUT2D eigenvalue weighted by Gasteiger charge is -2.47. The van der Waals surface area contributed by atoms with Crippen molar-refractivity contribution in [3.05, 3.63) is 148 Å². The van der Waals surface area contributed by atoms with Crippen LogP contribution < -0.4 is 5.32 Å². The second kappa shape index (κ2) is 15.2. The Labute approximate surface area is 338 Å². The van der Waals surface area contributed by atoms with Crippen molar-refractivity contribution in [1.29, 1.82) is 5.26 Å². The van der Waals surface area contributed by atoms with Crippen molar-refractivity contribution in [2.24, 2.45) is 17.8 Å². The molecule has 3 aliphatic rings. The van der Waals surface area contributed by atoms with Crippen LogP contribution in [-0.4, -0.2) is 43.1 Å². The fourth-order valence-electron chi connectivity index (χ4n) is 9.09. The predicted octanol–water partition coefficient (Wildman–Crippen LogP) is 9.90. The largest absolute Gasteiger partial charge is 0.466 e. The van der Waals surface area contributed by atoms with Crippen LogP contribution in [0.5, 0.6) is 0 Å². The SMILES string of the molecule is CCOC(=O)[C@H]1C2CCC(CC2)[C@@H]1Nc1nc(-c2cn(C(c3ccccc3)(c3ccccc3)c3ccccc3)c3ncc(Cl)nc23)nc(-c2ccc(C#N)s2)c1F. The molecule has 3 saturated carbocycles. The molecule has 3 fully saturated rings. The number of fused-ring (bicyclic) bond motifs is 4. The van der Waals surface area contributed by atoms with E-state index in [9.17, 15) is 10.1 Å². The number of carbonyl (C=O) groups excluding carboxylic acids is 1. The Morgan fingerprint density at radius 2 is 1.53 bits per heavy atom. The maximum atomic E-state index is 17.0. The van der Waals surface area contributed by atoms with Crippen LogP contribution in [0.15, 0.2) is 116 Å². The summed E-state index contributed by atoms with van der Waals surface area (Å²) in [5, 5.41) is 13.3. The molecule has 0 spiro atoms. The highest BCUT2D eigenvalue weighted by atomic mass is 35.5. The minimum absolute atomic E-state index is 0.0268. The molecule has 4 aromatic heterocycles. The average Bonchev–Trinajstić information content (AvgIpc) is 3.89. The highest BCUT2D eigenvalue weighted by Crippen LogP contribution is 2.48. The van der Waals surface area contributed by atoms with E-state index in [-0.39, 0.29) is 46.9 Å². The molecule has 2 atom stereocenters.